The Labute approximate surface area is 105 Å². The largest absolute Gasteiger partial charge is 0.381 e. The van der Waals surface area contributed by atoms with Gasteiger partial charge in [-0.15, -0.1) is 0 Å². The summed E-state index contributed by atoms with van der Waals surface area (Å²) < 4.78 is 10.8. The molecule has 4 nitrogen and oxygen atoms in total. The van der Waals surface area contributed by atoms with Gasteiger partial charge < -0.3 is 20.5 Å². The quantitative estimate of drug-likeness (QED) is 0.491. The molecule has 17 heavy (non-hydrogen) atoms. The van der Waals surface area contributed by atoms with Gasteiger partial charge >= 0.3 is 0 Å². The molecule has 0 aromatic rings. The first kappa shape index (κ1) is 14.6. The summed E-state index contributed by atoms with van der Waals surface area (Å²) in [6.45, 7) is 10.4. The maximum absolute atomic E-state index is 5.81. The Balaban J connectivity index is 2.11. The van der Waals surface area contributed by atoms with Gasteiger partial charge in [0.05, 0.1) is 13.2 Å². The van der Waals surface area contributed by atoms with Crippen LogP contribution < -0.4 is 11.1 Å². The molecule has 1 fully saturated rings. The predicted molar refractivity (Wildman–Crippen MR) is 70.0 cm³/mol. The van der Waals surface area contributed by atoms with E-state index in [4.69, 9.17) is 15.2 Å². The first-order chi connectivity index (χ1) is 8.24. The lowest BCUT2D eigenvalue weighted by molar-refractivity contribution is 0.0532. The molecule has 1 heterocycles. The molecule has 0 aromatic carbocycles. The fraction of sp³-hybridized carbons (Fsp3) is 0.846. The van der Waals surface area contributed by atoms with Crippen LogP contribution in [0.1, 0.15) is 19.8 Å². The summed E-state index contributed by atoms with van der Waals surface area (Å²) in [6, 6.07) is 0.396. The summed E-state index contributed by atoms with van der Waals surface area (Å²) in [5.74, 6) is 0.648. The van der Waals surface area contributed by atoms with Crippen LogP contribution in [-0.4, -0.2) is 45.6 Å². The van der Waals surface area contributed by atoms with Gasteiger partial charge in [0.1, 0.15) is 0 Å². The fourth-order valence-corrected chi connectivity index (χ4v) is 2.12. The van der Waals surface area contributed by atoms with E-state index in [1.165, 1.54) is 0 Å². The molecule has 1 aliphatic heterocycles. The lowest BCUT2D eigenvalue weighted by Crippen LogP contribution is -2.45. The average Bonchev–Trinajstić information content (AvgIpc) is 2.34. The second-order valence-electron chi connectivity index (χ2n) is 4.76. The highest BCUT2D eigenvalue weighted by molar-refractivity contribution is 4.87. The van der Waals surface area contributed by atoms with Crippen LogP contribution in [-0.2, 0) is 9.47 Å². The fourth-order valence-electron chi connectivity index (χ4n) is 2.12. The van der Waals surface area contributed by atoms with Crippen molar-refractivity contribution in [2.45, 2.75) is 25.8 Å². The first-order valence-corrected chi connectivity index (χ1v) is 6.47. The highest BCUT2D eigenvalue weighted by Gasteiger charge is 2.22. The van der Waals surface area contributed by atoms with E-state index >= 15 is 0 Å². The Hall–Kier alpha value is -0.420. The van der Waals surface area contributed by atoms with Crippen LogP contribution >= 0.6 is 0 Å². The van der Waals surface area contributed by atoms with E-state index in [9.17, 15) is 0 Å². The standard InChI is InChI=1S/C13H26N2O2/c1-11(2)10-17-8-5-15-13(9-14)12-3-6-16-7-4-12/h12-13,15H,1,3-10,14H2,2H3. The van der Waals surface area contributed by atoms with Crippen LogP contribution in [0.25, 0.3) is 0 Å². The van der Waals surface area contributed by atoms with Gasteiger partial charge in [-0.1, -0.05) is 12.2 Å². The van der Waals surface area contributed by atoms with Crippen LogP contribution in [0.4, 0.5) is 0 Å². The van der Waals surface area contributed by atoms with E-state index in [0.717, 1.165) is 38.2 Å². The summed E-state index contributed by atoms with van der Waals surface area (Å²) in [7, 11) is 0. The minimum Gasteiger partial charge on any atom is -0.381 e. The summed E-state index contributed by atoms with van der Waals surface area (Å²) in [4.78, 5) is 0. The average molecular weight is 242 g/mol. The third-order valence-corrected chi connectivity index (χ3v) is 3.09. The van der Waals surface area contributed by atoms with Crippen molar-refractivity contribution in [1.29, 1.82) is 0 Å². The zero-order valence-corrected chi connectivity index (χ0v) is 10.9. The molecule has 0 radical (unpaired) electrons. The minimum absolute atomic E-state index is 0.396. The summed E-state index contributed by atoms with van der Waals surface area (Å²) in [5.41, 5.74) is 6.87. The van der Waals surface area contributed by atoms with Gasteiger partial charge in [-0.2, -0.15) is 0 Å². The Kier molecular flexibility index (Phi) is 7.44. The van der Waals surface area contributed by atoms with E-state index in [1.807, 2.05) is 6.92 Å². The molecule has 4 heteroatoms. The Morgan fingerprint density at radius 3 is 2.82 bits per heavy atom. The highest BCUT2D eigenvalue weighted by Crippen LogP contribution is 2.18. The normalized spacial score (nSPS) is 19.2. The molecule has 3 N–H and O–H groups in total. The maximum Gasteiger partial charge on any atom is 0.0672 e. The molecule has 1 unspecified atom stereocenters. The van der Waals surface area contributed by atoms with Crippen LogP contribution in [0.2, 0.25) is 0 Å². The zero-order chi connectivity index (χ0) is 12.5. The molecule has 0 amide bonds. The van der Waals surface area contributed by atoms with E-state index in [0.29, 0.717) is 31.7 Å². The van der Waals surface area contributed by atoms with E-state index in [-0.39, 0.29) is 0 Å². The molecule has 100 valence electrons. The van der Waals surface area contributed by atoms with E-state index < -0.39 is 0 Å². The van der Waals surface area contributed by atoms with Crippen molar-refractivity contribution in [3.63, 3.8) is 0 Å². The van der Waals surface area contributed by atoms with Crippen molar-refractivity contribution in [3.05, 3.63) is 12.2 Å². The monoisotopic (exact) mass is 242 g/mol. The van der Waals surface area contributed by atoms with Gasteiger partial charge in [-0.25, -0.2) is 0 Å². The van der Waals surface area contributed by atoms with Gasteiger partial charge in [0.2, 0.25) is 0 Å². The Morgan fingerprint density at radius 2 is 2.24 bits per heavy atom. The number of hydrogen-bond donors (Lipinski definition) is 2. The lowest BCUT2D eigenvalue weighted by atomic mass is 9.92. The number of hydrogen-bond acceptors (Lipinski definition) is 4. The molecule has 0 spiro atoms. The summed E-state index contributed by atoms with van der Waals surface area (Å²) >= 11 is 0. The van der Waals surface area contributed by atoms with Gasteiger partial charge in [0, 0.05) is 32.3 Å². The molecular formula is C13H26N2O2. The van der Waals surface area contributed by atoms with Crippen LogP contribution in [0.15, 0.2) is 12.2 Å². The Bertz CT molecular complexity index is 215. The van der Waals surface area contributed by atoms with Crippen molar-refractivity contribution in [2.75, 3.05) is 39.5 Å². The molecule has 1 atom stereocenters. The third kappa shape index (κ3) is 6.17. The molecule has 1 saturated heterocycles. The van der Waals surface area contributed by atoms with Crippen molar-refractivity contribution in [3.8, 4) is 0 Å². The Morgan fingerprint density at radius 1 is 1.53 bits per heavy atom. The smallest absolute Gasteiger partial charge is 0.0672 e. The van der Waals surface area contributed by atoms with Gasteiger partial charge in [-0.05, 0) is 25.7 Å². The number of nitrogens with two attached hydrogens (primary N) is 1. The van der Waals surface area contributed by atoms with Crippen molar-refractivity contribution < 1.29 is 9.47 Å². The third-order valence-electron chi connectivity index (χ3n) is 3.09. The molecule has 1 rings (SSSR count). The van der Waals surface area contributed by atoms with E-state index in [2.05, 4.69) is 11.9 Å². The SMILES string of the molecule is C=C(C)COCCNC(CN)C1CCOCC1. The summed E-state index contributed by atoms with van der Waals surface area (Å²) in [5, 5.41) is 3.48. The highest BCUT2D eigenvalue weighted by atomic mass is 16.5. The second kappa shape index (κ2) is 8.64. The maximum atomic E-state index is 5.81. The number of nitrogens with one attached hydrogen (secondary N) is 1. The predicted octanol–water partition coefficient (Wildman–Crippen LogP) is 0.923. The molecule has 0 aromatic heterocycles. The van der Waals surface area contributed by atoms with Crippen molar-refractivity contribution >= 4 is 0 Å². The van der Waals surface area contributed by atoms with Crippen molar-refractivity contribution in [1.82, 2.24) is 5.32 Å². The van der Waals surface area contributed by atoms with Crippen LogP contribution in [0, 0.1) is 5.92 Å². The minimum atomic E-state index is 0.396. The molecule has 0 saturated carbocycles. The lowest BCUT2D eigenvalue weighted by Gasteiger charge is -2.30. The van der Waals surface area contributed by atoms with Crippen LogP contribution in [0.3, 0.4) is 0 Å². The zero-order valence-electron chi connectivity index (χ0n) is 10.9. The molecule has 0 bridgehead atoms. The van der Waals surface area contributed by atoms with Gasteiger partial charge in [0.25, 0.3) is 0 Å². The topological polar surface area (TPSA) is 56.5 Å². The van der Waals surface area contributed by atoms with E-state index in [1.54, 1.807) is 0 Å². The molecule has 1 aliphatic rings. The van der Waals surface area contributed by atoms with Crippen molar-refractivity contribution in [2.24, 2.45) is 11.7 Å². The van der Waals surface area contributed by atoms with Crippen LogP contribution in [0.5, 0.6) is 0 Å². The first-order valence-electron chi connectivity index (χ1n) is 6.47. The van der Waals surface area contributed by atoms with Gasteiger partial charge in [-0.3, -0.25) is 0 Å². The molecule has 0 aliphatic carbocycles. The summed E-state index contributed by atoms with van der Waals surface area (Å²) in [6.07, 6.45) is 2.23. The number of ether oxygens (including phenoxy) is 2. The molecular weight excluding hydrogens is 216 g/mol. The number of rotatable bonds is 8. The van der Waals surface area contributed by atoms with Gasteiger partial charge in [0.15, 0.2) is 0 Å². The second-order valence-corrected chi connectivity index (χ2v) is 4.76.